The van der Waals surface area contributed by atoms with Crippen LogP contribution in [-0.2, 0) is 4.79 Å². The minimum atomic E-state index is -0.00962. The molecular weight excluding hydrogens is 188 g/mol. The summed E-state index contributed by atoms with van der Waals surface area (Å²) in [7, 11) is 0. The summed E-state index contributed by atoms with van der Waals surface area (Å²) < 4.78 is 0. The Morgan fingerprint density at radius 2 is 2.27 bits per heavy atom. The van der Waals surface area contributed by atoms with Crippen molar-refractivity contribution in [1.82, 2.24) is 5.32 Å². The normalized spacial score (nSPS) is 20.2. The second-order valence-electron chi connectivity index (χ2n) is 3.95. The highest BCUT2D eigenvalue weighted by molar-refractivity contribution is 5.95. The number of rotatable bonds is 2. The largest absolute Gasteiger partial charge is 0.324 e. The molecule has 80 valence electrons. The first kappa shape index (κ1) is 10.2. The molecule has 3 heteroatoms. The number of carbonyl (C=O) groups is 1. The smallest absolute Gasteiger partial charge is 0.241 e. The molecular formula is C12H16N2O. The molecule has 1 aliphatic rings. The number of benzene rings is 1. The van der Waals surface area contributed by atoms with Gasteiger partial charge in [0.15, 0.2) is 0 Å². The number of para-hydroxylation sites is 1. The van der Waals surface area contributed by atoms with Gasteiger partial charge in [-0.25, -0.2) is 0 Å². The van der Waals surface area contributed by atoms with Crippen molar-refractivity contribution in [1.29, 1.82) is 0 Å². The van der Waals surface area contributed by atoms with Crippen LogP contribution in [0.1, 0.15) is 18.4 Å². The Bertz CT molecular complexity index is 356. The summed E-state index contributed by atoms with van der Waals surface area (Å²) in [4.78, 5) is 11.8. The molecule has 0 aliphatic carbocycles. The molecule has 1 fully saturated rings. The molecule has 0 radical (unpaired) electrons. The Labute approximate surface area is 89.9 Å². The third kappa shape index (κ3) is 2.36. The average Bonchev–Trinajstić information content (AvgIpc) is 2.74. The van der Waals surface area contributed by atoms with Crippen LogP contribution >= 0.6 is 0 Å². The summed E-state index contributed by atoms with van der Waals surface area (Å²) in [5.74, 6) is 0.0850. The third-order valence-corrected chi connectivity index (χ3v) is 2.78. The van der Waals surface area contributed by atoms with Gasteiger partial charge in [-0.1, -0.05) is 18.2 Å². The zero-order valence-electron chi connectivity index (χ0n) is 8.92. The van der Waals surface area contributed by atoms with E-state index in [9.17, 15) is 4.79 Å². The molecule has 0 bridgehead atoms. The average molecular weight is 204 g/mol. The van der Waals surface area contributed by atoms with E-state index in [-0.39, 0.29) is 11.9 Å². The molecule has 0 unspecified atom stereocenters. The summed E-state index contributed by atoms with van der Waals surface area (Å²) >= 11 is 0. The maximum absolute atomic E-state index is 11.8. The summed E-state index contributed by atoms with van der Waals surface area (Å²) in [5, 5.41) is 6.13. The van der Waals surface area contributed by atoms with Gasteiger partial charge in [0.25, 0.3) is 0 Å². The maximum Gasteiger partial charge on any atom is 0.241 e. The number of nitrogens with one attached hydrogen (secondary N) is 2. The van der Waals surface area contributed by atoms with E-state index in [4.69, 9.17) is 0 Å². The lowest BCUT2D eigenvalue weighted by atomic mass is 10.1. The van der Waals surface area contributed by atoms with Gasteiger partial charge < -0.3 is 10.6 Å². The Hall–Kier alpha value is -1.35. The first-order valence-corrected chi connectivity index (χ1v) is 5.37. The molecule has 1 amide bonds. The predicted molar refractivity (Wildman–Crippen MR) is 60.8 cm³/mol. The van der Waals surface area contributed by atoms with E-state index in [1.54, 1.807) is 0 Å². The number of aryl methyl sites for hydroxylation is 1. The second-order valence-corrected chi connectivity index (χ2v) is 3.95. The van der Waals surface area contributed by atoms with Gasteiger partial charge >= 0.3 is 0 Å². The number of hydrogen-bond acceptors (Lipinski definition) is 2. The Morgan fingerprint density at radius 3 is 2.93 bits per heavy atom. The van der Waals surface area contributed by atoms with E-state index < -0.39 is 0 Å². The predicted octanol–water partition coefficient (Wildman–Crippen LogP) is 1.69. The fourth-order valence-corrected chi connectivity index (χ4v) is 1.84. The van der Waals surface area contributed by atoms with E-state index in [0.717, 1.165) is 30.6 Å². The number of carbonyl (C=O) groups excluding carboxylic acids is 1. The van der Waals surface area contributed by atoms with Crippen molar-refractivity contribution in [3.05, 3.63) is 29.8 Å². The Balaban J connectivity index is 2.02. The van der Waals surface area contributed by atoms with Crippen molar-refractivity contribution < 1.29 is 4.79 Å². The highest BCUT2D eigenvalue weighted by Crippen LogP contribution is 2.15. The highest BCUT2D eigenvalue weighted by atomic mass is 16.2. The van der Waals surface area contributed by atoms with Crippen molar-refractivity contribution >= 4 is 11.6 Å². The van der Waals surface area contributed by atoms with Gasteiger partial charge in [0, 0.05) is 5.69 Å². The van der Waals surface area contributed by atoms with E-state index >= 15 is 0 Å². The quantitative estimate of drug-likeness (QED) is 0.769. The van der Waals surface area contributed by atoms with Crippen molar-refractivity contribution in [3.8, 4) is 0 Å². The van der Waals surface area contributed by atoms with Crippen LogP contribution < -0.4 is 10.6 Å². The third-order valence-electron chi connectivity index (χ3n) is 2.78. The molecule has 1 aromatic carbocycles. The number of amides is 1. The summed E-state index contributed by atoms with van der Waals surface area (Å²) in [6.07, 6.45) is 2.03. The van der Waals surface area contributed by atoms with Crippen LogP contribution in [-0.4, -0.2) is 18.5 Å². The van der Waals surface area contributed by atoms with Crippen LogP contribution in [0.15, 0.2) is 24.3 Å². The van der Waals surface area contributed by atoms with Crippen molar-refractivity contribution in [3.63, 3.8) is 0 Å². The van der Waals surface area contributed by atoms with Gasteiger partial charge in [-0.2, -0.15) is 0 Å². The molecule has 1 heterocycles. The van der Waals surface area contributed by atoms with Gasteiger partial charge in [0.1, 0.15) is 0 Å². The molecule has 1 saturated heterocycles. The van der Waals surface area contributed by atoms with E-state index in [1.807, 2.05) is 31.2 Å². The van der Waals surface area contributed by atoms with Crippen LogP contribution in [0, 0.1) is 6.92 Å². The molecule has 0 spiro atoms. The standard InChI is InChI=1S/C12H16N2O/c1-9-5-2-3-6-10(9)14-12(15)11-7-4-8-13-11/h2-3,5-6,11,13H,4,7-8H2,1H3,(H,14,15)/t11-/m1/s1. The van der Waals surface area contributed by atoms with Crippen LogP contribution in [0.5, 0.6) is 0 Å². The maximum atomic E-state index is 11.8. The Morgan fingerprint density at radius 1 is 1.47 bits per heavy atom. The Kier molecular flexibility index (Phi) is 3.02. The SMILES string of the molecule is Cc1ccccc1NC(=O)[C@H]1CCCN1. The lowest BCUT2D eigenvalue weighted by molar-refractivity contribution is -0.117. The van der Waals surface area contributed by atoms with Crippen molar-refractivity contribution in [2.45, 2.75) is 25.8 Å². The van der Waals surface area contributed by atoms with Gasteiger partial charge in [0.2, 0.25) is 5.91 Å². The molecule has 0 aromatic heterocycles. The van der Waals surface area contributed by atoms with Crippen LogP contribution in [0.3, 0.4) is 0 Å². The van der Waals surface area contributed by atoms with Crippen LogP contribution in [0.25, 0.3) is 0 Å². The highest BCUT2D eigenvalue weighted by Gasteiger charge is 2.21. The minimum Gasteiger partial charge on any atom is -0.324 e. The first-order valence-electron chi connectivity index (χ1n) is 5.37. The molecule has 15 heavy (non-hydrogen) atoms. The molecule has 2 rings (SSSR count). The molecule has 1 aromatic rings. The first-order chi connectivity index (χ1) is 7.27. The zero-order chi connectivity index (χ0) is 10.7. The summed E-state index contributed by atoms with van der Waals surface area (Å²) in [5.41, 5.74) is 2.01. The van der Waals surface area contributed by atoms with E-state index in [2.05, 4.69) is 10.6 Å². The molecule has 1 aliphatic heterocycles. The van der Waals surface area contributed by atoms with Crippen LogP contribution in [0.2, 0.25) is 0 Å². The molecule has 0 saturated carbocycles. The number of hydrogen-bond donors (Lipinski definition) is 2. The van der Waals surface area contributed by atoms with Crippen LogP contribution in [0.4, 0.5) is 5.69 Å². The van der Waals surface area contributed by atoms with Crippen molar-refractivity contribution in [2.24, 2.45) is 0 Å². The fraction of sp³-hybridized carbons (Fsp3) is 0.417. The van der Waals surface area contributed by atoms with Gasteiger partial charge in [0.05, 0.1) is 6.04 Å². The fourth-order valence-electron chi connectivity index (χ4n) is 1.84. The molecule has 2 N–H and O–H groups in total. The molecule has 3 nitrogen and oxygen atoms in total. The monoisotopic (exact) mass is 204 g/mol. The lowest BCUT2D eigenvalue weighted by Crippen LogP contribution is -2.35. The lowest BCUT2D eigenvalue weighted by Gasteiger charge is -2.12. The minimum absolute atomic E-state index is 0.00962. The zero-order valence-corrected chi connectivity index (χ0v) is 8.92. The van der Waals surface area contributed by atoms with Crippen molar-refractivity contribution in [2.75, 3.05) is 11.9 Å². The summed E-state index contributed by atoms with van der Waals surface area (Å²) in [6, 6.07) is 7.83. The van der Waals surface area contributed by atoms with E-state index in [0.29, 0.717) is 0 Å². The molecule has 1 atom stereocenters. The topological polar surface area (TPSA) is 41.1 Å². The summed E-state index contributed by atoms with van der Waals surface area (Å²) in [6.45, 7) is 2.95. The second kappa shape index (κ2) is 4.45. The number of anilines is 1. The van der Waals surface area contributed by atoms with Gasteiger partial charge in [-0.15, -0.1) is 0 Å². The van der Waals surface area contributed by atoms with Gasteiger partial charge in [-0.05, 0) is 37.9 Å². The van der Waals surface area contributed by atoms with E-state index in [1.165, 1.54) is 0 Å². The van der Waals surface area contributed by atoms with Gasteiger partial charge in [-0.3, -0.25) is 4.79 Å².